The molecule has 1 atom stereocenters. The van der Waals surface area contributed by atoms with E-state index in [-0.39, 0.29) is 6.04 Å². The van der Waals surface area contributed by atoms with Crippen molar-refractivity contribution in [1.82, 2.24) is 4.98 Å². The molecule has 0 aliphatic rings. The Kier molecular flexibility index (Phi) is 3.87. The lowest BCUT2D eigenvalue weighted by atomic mass is 10.1. The van der Waals surface area contributed by atoms with Crippen molar-refractivity contribution in [2.75, 3.05) is 11.1 Å². The summed E-state index contributed by atoms with van der Waals surface area (Å²) in [4.78, 5) is 7.00. The molecule has 0 amide bonds. The molecule has 1 unspecified atom stereocenters. The van der Waals surface area contributed by atoms with Crippen molar-refractivity contribution >= 4 is 49.5 Å². The van der Waals surface area contributed by atoms with Gasteiger partial charge < -0.3 is 11.1 Å². The van der Waals surface area contributed by atoms with E-state index in [1.807, 2.05) is 18.2 Å². The van der Waals surface area contributed by atoms with Crippen molar-refractivity contribution in [2.24, 2.45) is 0 Å². The van der Waals surface area contributed by atoms with E-state index in [1.165, 1.54) is 9.75 Å². The number of benzene rings is 1. The van der Waals surface area contributed by atoms with Gasteiger partial charge in [0.1, 0.15) is 0 Å². The van der Waals surface area contributed by atoms with Crippen LogP contribution in [0.2, 0.25) is 0 Å². The van der Waals surface area contributed by atoms with Crippen LogP contribution in [0.5, 0.6) is 0 Å². The van der Waals surface area contributed by atoms with Crippen molar-refractivity contribution in [1.29, 1.82) is 0 Å². The van der Waals surface area contributed by atoms with Crippen LogP contribution >= 0.6 is 27.3 Å². The van der Waals surface area contributed by atoms with E-state index >= 15 is 0 Å². The highest BCUT2D eigenvalue weighted by molar-refractivity contribution is 9.10. The molecule has 3 nitrogen and oxygen atoms in total. The molecule has 3 N–H and O–H groups in total. The minimum atomic E-state index is 0.204. The Morgan fingerprint density at radius 3 is 2.81 bits per heavy atom. The Labute approximate surface area is 136 Å². The zero-order chi connectivity index (χ0) is 15.0. The van der Waals surface area contributed by atoms with Gasteiger partial charge >= 0.3 is 0 Å². The molecule has 2 heterocycles. The molecule has 0 saturated carbocycles. The molecule has 0 aliphatic heterocycles. The zero-order valence-corrected chi connectivity index (χ0v) is 14.3. The fraction of sp³-hybridized carbons (Fsp3) is 0.188. The average Bonchev–Trinajstić information content (AvgIpc) is 2.89. The second kappa shape index (κ2) is 5.66. The maximum absolute atomic E-state index is 6.13. The highest BCUT2D eigenvalue weighted by Gasteiger charge is 2.13. The quantitative estimate of drug-likeness (QED) is 0.680. The highest BCUT2D eigenvalue weighted by atomic mass is 79.9. The fourth-order valence-corrected chi connectivity index (χ4v) is 3.56. The van der Waals surface area contributed by atoms with Gasteiger partial charge in [0.15, 0.2) is 0 Å². The van der Waals surface area contributed by atoms with Crippen LogP contribution in [0.25, 0.3) is 10.9 Å². The lowest BCUT2D eigenvalue weighted by Gasteiger charge is -2.17. The van der Waals surface area contributed by atoms with E-state index in [2.05, 4.69) is 52.2 Å². The molecular weight excluding hydrogens is 346 g/mol. The molecule has 0 fully saturated rings. The van der Waals surface area contributed by atoms with Crippen molar-refractivity contribution in [3.63, 3.8) is 0 Å². The van der Waals surface area contributed by atoms with Crippen LogP contribution < -0.4 is 11.1 Å². The van der Waals surface area contributed by atoms with Gasteiger partial charge in [-0.2, -0.15) is 0 Å². The van der Waals surface area contributed by atoms with Crippen LogP contribution in [0, 0.1) is 6.92 Å². The predicted molar refractivity (Wildman–Crippen MR) is 94.9 cm³/mol. The summed E-state index contributed by atoms with van der Waals surface area (Å²) >= 11 is 5.31. The summed E-state index contributed by atoms with van der Waals surface area (Å²) in [6.45, 7) is 4.27. The van der Waals surface area contributed by atoms with Gasteiger partial charge in [-0.15, -0.1) is 11.3 Å². The second-order valence-corrected chi connectivity index (χ2v) is 7.30. The van der Waals surface area contributed by atoms with E-state index in [4.69, 9.17) is 5.73 Å². The molecule has 21 heavy (non-hydrogen) atoms. The second-order valence-electron chi connectivity index (χ2n) is 5.06. The topological polar surface area (TPSA) is 50.9 Å². The summed E-state index contributed by atoms with van der Waals surface area (Å²) in [5, 5.41) is 4.57. The maximum Gasteiger partial charge on any atom is 0.0743 e. The van der Waals surface area contributed by atoms with E-state index in [9.17, 15) is 0 Å². The van der Waals surface area contributed by atoms with E-state index in [1.54, 1.807) is 17.5 Å². The van der Waals surface area contributed by atoms with E-state index < -0.39 is 0 Å². The molecule has 0 radical (unpaired) electrons. The normalized spacial score (nSPS) is 12.5. The van der Waals surface area contributed by atoms with Crippen LogP contribution in [0.15, 0.2) is 41.0 Å². The molecule has 3 aromatic rings. The smallest absolute Gasteiger partial charge is 0.0743 e. The lowest BCUT2D eigenvalue weighted by molar-refractivity contribution is 0.910. The fourth-order valence-electron chi connectivity index (χ4n) is 2.32. The first-order valence-corrected chi connectivity index (χ1v) is 8.32. The number of rotatable bonds is 3. The number of nitrogens with zero attached hydrogens (tertiary/aromatic N) is 1. The summed E-state index contributed by atoms with van der Waals surface area (Å²) in [5.74, 6) is 0. The van der Waals surface area contributed by atoms with Gasteiger partial charge in [-0.25, -0.2) is 0 Å². The first-order valence-electron chi connectivity index (χ1n) is 6.71. The zero-order valence-electron chi connectivity index (χ0n) is 11.9. The molecule has 5 heteroatoms. The van der Waals surface area contributed by atoms with Gasteiger partial charge in [0.05, 0.1) is 29.1 Å². The first-order chi connectivity index (χ1) is 10.0. The summed E-state index contributed by atoms with van der Waals surface area (Å²) in [5.41, 5.74) is 8.68. The number of thiophene rings is 1. The molecular formula is C16H16BrN3S. The first kappa shape index (κ1) is 14.4. The van der Waals surface area contributed by atoms with Crippen molar-refractivity contribution in [3.05, 3.63) is 50.8 Å². The van der Waals surface area contributed by atoms with Crippen LogP contribution in [0.4, 0.5) is 11.4 Å². The summed E-state index contributed by atoms with van der Waals surface area (Å²) in [6.07, 6.45) is 1.71. The van der Waals surface area contributed by atoms with Gasteiger partial charge in [0, 0.05) is 19.6 Å². The molecule has 1 aromatic carbocycles. The van der Waals surface area contributed by atoms with Crippen LogP contribution in [-0.2, 0) is 0 Å². The summed E-state index contributed by atoms with van der Waals surface area (Å²) in [7, 11) is 0. The van der Waals surface area contributed by atoms with Gasteiger partial charge in [-0.1, -0.05) is 15.9 Å². The third-order valence-corrected chi connectivity index (χ3v) is 5.08. The Morgan fingerprint density at radius 2 is 2.10 bits per heavy atom. The maximum atomic E-state index is 6.13. The number of hydrogen-bond donors (Lipinski definition) is 2. The minimum absolute atomic E-state index is 0.204. The SMILES string of the molecule is Cc1ccc(C(C)Nc2c(N)cnc3ccc(Br)cc23)s1. The number of nitrogens with one attached hydrogen (secondary N) is 1. The van der Waals surface area contributed by atoms with E-state index in [0.29, 0.717) is 5.69 Å². The number of aryl methyl sites for hydroxylation is 1. The average molecular weight is 362 g/mol. The Hall–Kier alpha value is -1.59. The van der Waals surface area contributed by atoms with Crippen molar-refractivity contribution in [2.45, 2.75) is 19.9 Å². The Morgan fingerprint density at radius 1 is 1.29 bits per heavy atom. The molecule has 3 rings (SSSR count). The largest absolute Gasteiger partial charge is 0.396 e. The number of anilines is 2. The van der Waals surface area contributed by atoms with Crippen molar-refractivity contribution in [3.8, 4) is 0 Å². The number of pyridine rings is 1. The molecule has 0 aliphatic carbocycles. The highest BCUT2D eigenvalue weighted by Crippen LogP contribution is 2.34. The standard InChI is InChI=1S/C16H16BrN3S/c1-9-3-6-15(21-9)10(2)20-16-12-7-11(17)4-5-14(12)19-8-13(16)18/h3-8,10H,18H2,1-2H3,(H,19,20). The Bertz CT molecular complexity index is 792. The number of aromatic nitrogens is 1. The van der Waals surface area contributed by atoms with E-state index in [0.717, 1.165) is 21.1 Å². The van der Waals surface area contributed by atoms with Gasteiger partial charge in [0.25, 0.3) is 0 Å². The molecule has 0 bridgehead atoms. The third kappa shape index (κ3) is 2.89. The number of hydrogen-bond acceptors (Lipinski definition) is 4. The number of nitrogen functional groups attached to an aromatic ring is 1. The number of nitrogens with two attached hydrogens (primary N) is 1. The molecule has 2 aromatic heterocycles. The number of fused-ring (bicyclic) bond motifs is 1. The molecule has 0 spiro atoms. The van der Waals surface area contributed by atoms with Crippen LogP contribution in [0.3, 0.4) is 0 Å². The van der Waals surface area contributed by atoms with Crippen LogP contribution in [-0.4, -0.2) is 4.98 Å². The predicted octanol–water partition coefficient (Wildman–Crippen LogP) is 5.12. The molecule has 108 valence electrons. The monoisotopic (exact) mass is 361 g/mol. The van der Waals surface area contributed by atoms with Gasteiger partial charge in [-0.05, 0) is 44.2 Å². The lowest BCUT2D eigenvalue weighted by Crippen LogP contribution is -2.08. The van der Waals surface area contributed by atoms with Crippen molar-refractivity contribution < 1.29 is 0 Å². The summed E-state index contributed by atoms with van der Waals surface area (Å²) in [6, 6.07) is 10.5. The minimum Gasteiger partial charge on any atom is -0.396 e. The van der Waals surface area contributed by atoms with Crippen LogP contribution in [0.1, 0.15) is 22.7 Å². The van der Waals surface area contributed by atoms with Gasteiger partial charge in [-0.3, -0.25) is 4.98 Å². The third-order valence-electron chi connectivity index (χ3n) is 3.41. The number of halogens is 1. The molecule has 0 saturated heterocycles. The van der Waals surface area contributed by atoms with Gasteiger partial charge in [0.2, 0.25) is 0 Å². The summed E-state index contributed by atoms with van der Waals surface area (Å²) < 4.78 is 1.02. The Balaban J connectivity index is 2.03.